The summed E-state index contributed by atoms with van der Waals surface area (Å²) in [5, 5.41) is 3.28. The van der Waals surface area contributed by atoms with Crippen LogP contribution in [0.15, 0.2) is 79.3 Å². The summed E-state index contributed by atoms with van der Waals surface area (Å²) in [5.41, 5.74) is 3.47. The van der Waals surface area contributed by atoms with Crippen LogP contribution >= 0.6 is 11.6 Å². The molecule has 0 aliphatic carbocycles. The second kappa shape index (κ2) is 7.66. The second-order valence-electron chi connectivity index (χ2n) is 6.28. The summed E-state index contributed by atoms with van der Waals surface area (Å²) in [6.45, 7) is 0.234. The highest BCUT2D eigenvalue weighted by atomic mass is 35.5. The third kappa shape index (κ3) is 3.52. The van der Waals surface area contributed by atoms with Gasteiger partial charge >= 0.3 is 0 Å². The maximum atomic E-state index is 13.0. The number of nitrogens with zero attached hydrogens (tertiary/aromatic N) is 2. The molecule has 0 saturated heterocycles. The van der Waals surface area contributed by atoms with Crippen molar-refractivity contribution in [2.24, 2.45) is 0 Å². The Balaban J connectivity index is 1.70. The molecule has 1 N–H and O–H groups in total. The van der Waals surface area contributed by atoms with E-state index in [1.54, 1.807) is 41.2 Å². The zero-order valence-electron chi connectivity index (χ0n) is 14.8. The van der Waals surface area contributed by atoms with Crippen molar-refractivity contribution in [2.75, 3.05) is 0 Å². The first-order valence-electron chi connectivity index (χ1n) is 8.71. The number of hydrogen-bond donors (Lipinski definition) is 1. The van der Waals surface area contributed by atoms with Gasteiger partial charge in [-0.15, -0.1) is 0 Å². The highest BCUT2D eigenvalue weighted by Gasteiger charge is 2.24. The normalized spacial score (nSPS) is 10.8. The highest BCUT2D eigenvalue weighted by molar-refractivity contribution is 6.43. The smallest absolute Gasteiger partial charge is 0.294 e. The third-order valence-electron chi connectivity index (χ3n) is 4.43. The first-order chi connectivity index (χ1) is 13.6. The van der Waals surface area contributed by atoms with Crippen LogP contribution in [0.1, 0.15) is 16.1 Å². The van der Waals surface area contributed by atoms with Crippen LogP contribution in [-0.4, -0.2) is 21.1 Å². The quantitative estimate of drug-likeness (QED) is 0.412. The number of fused-ring (bicyclic) bond motifs is 1. The average Bonchev–Trinajstić information content (AvgIpc) is 3.12. The minimum absolute atomic E-state index is 0.234. The molecule has 5 nitrogen and oxygen atoms in total. The van der Waals surface area contributed by atoms with Crippen molar-refractivity contribution < 1.29 is 9.59 Å². The van der Waals surface area contributed by atoms with Crippen LogP contribution in [0.4, 0.5) is 0 Å². The number of rotatable bonds is 5. The summed E-state index contributed by atoms with van der Waals surface area (Å²) in [4.78, 5) is 29.6. The maximum Gasteiger partial charge on any atom is 0.294 e. The van der Waals surface area contributed by atoms with Gasteiger partial charge in [0.15, 0.2) is 0 Å². The number of aromatic nitrogens is 2. The van der Waals surface area contributed by atoms with Gasteiger partial charge in [0, 0.05) is 41.2 Å². The van der Waals surface area contributed by atoms with E-state index in [1.165, 1.54) is 0 Å². The van der Waals surface area contributed by atoms with Gasteiger partial charge < -0.3 is 9.72 Å². The summed E-state index contributed by atoms with van der Waals surface area (Å²) in [6, 6.07) is 18.3. The molecule has 0 atom stereocenters. The molecule has 138 valence electrons. The van der Waals surface area contributed by atoms with Crippen molar-refractivity contribution >= 4 is 28.8 Å². The molecule has 0 unspecified atom stereocenters. The van der Waals surface area contributed by atoms with E-state index >= 15 is 0 Å². The first-order valence-corrected chi connectivity index (χ1v) is 9.09. The zero-order valence-corrected chi connectivity index (χ0v) is 15.6. The molecular weight excluding hydrogens is 374 g/mol. The van der Waals surface area contributed by atoms with Crippen LogP contribution in [0.5, 0.6) is 0 Å². The maximum absolute atomic E-state index is 13.0. The molecule has 4 rings (SSSR count). The van der Waals surface area contributed by atoms with Crippen LogP contribution in [0.2, 0.25) is 5.02 Å². The Morgan fingerprint density at radius 3 is 2.61 bits per heavy atom. The van der Waals surface area contributed by atoms with Crippen LogP contribution in [-0.2, 0) is 11.3 Å². The molecule has 1 aromatic carbocycles. The van der Waals surface area contributed by atoms with E-state index in [4.69, 9.17) is 11.6 Å². The Morgan fingerprint density at radius 2 is 1.86 bits per heavy atom. The minimum atomic E-state index is -0.664. The van der Waals surface area contributed by atoms with Gasteiger partial charge in [0.05, 0.1) is 0 Å². The van der Waals surface area contributed by atoms with Gasteiger partial charge in [-0.2, -0.15) is 0 Å². The van der Waals surface area contributed by atoms with Gasteiger partial charge in [-0.1, -0.05) is 35.9 Å². The molecule has 4 aromatic rings. The Kier molecular flexibility index (Phi) is 4.91. The number of Topliss-reactive ketones (excluding diaryl/α,β-unsaturated/α-hetero) is 1. The third-order valence-corrected chi connectivity index (χ3v) is 4.68. The lowest BCUT2D eigenvalue weighted by atomic mass is 10.0. The highest BCUT2D eigenvalue weighted by Crippen LogP contribution is 2.29. The largest absolute Gasteiger partial charge is 0.345 e. The van der Waals surface area contributed by atoms with Crippen molar-refractivity contribution in [2.45, 2.75) is 6.54 Å². The van der Waals surface area contributed by atoms with Crippen molar-refractivity contribution in [3.8, 4) is 11.1 Å². The summed E-state index contributed by atoms with van der Waals surface area (Å²) in [6.07, 6.45) is 5.08. The topological polar surface area (TPSA) is 63.5 Å². The van der Waals surface area contributed by atoms with Gasteiger partial charge in [-0.3, -0.25) is 14.6 Å². The molecular formula is C22H16ClN3O2. The van der Waals surface area contributed by atoms with Crippen molar-refractivity contribution in [1.29, 1.82) is 0 Å². The molecule has 0 bridgehead atoms. The Labute approximate surface area is 166 Å². The average molecular weight is 390 g/mol. The molecule has 0 aliphatic rings. The molecule has 28 heavy (non-hydrogen) atoms. The van der Waals surface area contributed by atoms with E-state index in [9.17, 15) is 9.59 Å². The predicted octanol–water partition coefficient (Wildman–Crippen LogP) is 4.15. The fourth-order valence-electron chi connectivity index (χ4n) is 3.08. The summed E-state index contributed by atoms with van der Waals surface area (Å²) in [5.74, 6) is -1.26. The lowest BCUT2D eigenvalue weighted by molar-refractivity contribution is -0.117. The zero-order chi connectivity index (χ0) is 19.5. The van der Waals surface area contributed by atoms with Crippen molar-refractivity contribution in [3.63, 3.8) is 0 Å². The summed E-state index contributed by atoms with van der Waals surface area (Å²) < 4.78 is 1.73. The minimum Gasteiger partial charge on any atom is -0.345 e. The molecule has 6 heteroatoms. The molecule has 0 aliphatic heterocycles. The number of ketones is 1. The van der Waals surface area contributed by atoms with Crippen LogP contribution < -0.4 is 5.32 Å². The second-order valence-corrected chi connectivity index (χ2v) is 6.72. The Bertz CT molecular complexity index is 1150. The molecule has 0 saturated carbocycles. The van der Waals surface area contributed by atoms with E-state index in [2.05, 4.69) is 10.3 Å². The van der Waals surface area contributed by atoms with E-state index in [1.807, 2.05) is 42.5 Å². The van der Waals surface area contributed by atoms with E-state index in [0.29, 0.717) is 16.3 Å². The van der Waals surface area contributed by atoms with E-state index in [0.717, 1.165) is 16.6 Å². The molecule has 0 spiro atoms. The Morgan fingerprint density at radius 1 is 1.04 bits per heavy atom. The molecule has 1 amide bonds. The fraction of sp³-hybridized carbons (Fsp3) is 0.0455. The van der Waals surface area contributed by atoms with Gasteiger partial charge in [0.25, 0.3) is 11.7 Å². The number of carbonyl (C=O) groups is 2. The number of nitrogens with one attached hydrogen (secondary N) is 1. The van der Waals surface area contributed by atoms with E-state index < -0.39 is 11.7 Å². The van der Waals surface area contributed by atoms with Crippen LogP contribution in [0.25, 0.3) is 16.6 Å². The number of benzene rings is 1. The molecule has 0 fully saturated rings. The number of halogens is 1. The fourth-order valence-corrected chi connectivity index (χ4v) is 3.20. The van der Waals surface area contributed by atoms with Crippen molar-refractivity contribution in [3.05, 3.63) is 95.5 Å². The van der Waals surface area contributed by atoms with Gasteiger partial charge in [0.1, 0.15) is 5.69 Å². The number of amides is 1. The molecule has 3 aromatic heterocycles. The van der Waals surface area contributed by atoms with Gasteiger partial charge in [-0.25, -0.2) is 0 Å². The monoisotopic (exact) mass is 389 g/mol. The summed E-state index contributed by atoms with van der Waals surface area (Å²) in [7, 11) is 0. The predicted molar refractivity (Wildman–Crippen MR) is 108 cm³/mol. The molecule has 3 heterocycles. The first kappa shape index (κ1) is 17.9. The van der Waals surface area contributed by atoms with Gasteiger partial charge in [-0.05, 0) is 47.5 Å². The summed E-state index contributed by atoms with van der Waals surface area (Å²) >= 11 is 5.99. The standard InChI is InChI=1S/C22H16ClN3O2/c23-17-8-6-16(7-9-17)19-12-18-5-1-2-11-26(18)20(19)21(27)22(28)25-14-15-4-3-10-24-13-15/h1-13H,14H2,(H,25,28). The van der Waals surface area contributed by atoms with Crippen LogP contribution in [0.3, 0.4) is 0 Å². The van der Waals surface area contributed by atoms with E-state index in [-0.39, 0.29) is 6.54 Å². The van der Waals surface area contributed by atoms with Crippen molar-refractivity contribution in [1.82, 2.24) is 14.7 Å². The van der Waals surface area contributed by atoms with Crippen LogP contribution in [0, 0.1) is 0 Å². The lowest BCUT2D eigenvalue weighted by Gasteiger charge is -2.08. The Hall–Kier alpha value is -3.44. The molecule has 0 radical (unpaired) electrons. The number of hydrogen-bond acceptors (Lipinski definition) is 3. The number of carbonyl (C=O) groups excluding carboxylic acids is 2. The number of pyridine rings is 2. The lowest BCUT2D eigenvalue weighted by Crippen LogP contribution is -2.31. The SMILES string of the molecule is O=C(NCc1cccnc1)C(=O)c1c(-c2ccc(Cl)cc2)cc2ccccn12. The van der Waals surface area contributed by atoms with Gasteiger partial charge in [0.2, 0.25) is 0 Å².